The molecule has 0 amide bonds. The third-order valence-electron chi connectivity index (χ3n) is 5.57. The molecule has 3 aromatic rings. The Labute approximate surface area is 161 Å². The first kappa shape index (κ1) is 17.7. The number of nitrogens with one attached hydrogen (secondary N) is 1. The predicted molar refractivity (Wildman–Crippen MR) is 111 cm³/mol. The van der Waals surface area contributed by atoms with Crippen molar-refractivity contribution in [1.29, 1.82) is 0 Å². The number of benzene rings is 3. The van der Waals surface area contributed by atoms with E-state index in [1.165, 1.54) is 0 Å². The van der Waals surface area contributed by atoms with Gasteiger partial charge >= 0.3 is 0 Å². The van der Waals surface area contributed by atoms with Crippen molar-refractivity contribution in [3.63, 3.8) is 0 Å². The minimum absolute atomic E-state index is 0.0850. The quantitative estimate of drug-likeness (QED) is 0.628. The molecule has 0 radical (unpaired) electrons. The van der Waals surface area contributed by atoms with Crippen LogP contribution in [0.15, 0.2) is 84.9 Å². The summed E-state index contributed by atoms with van der Waals surface area (Å²) in [5, 5.41) is 3.43. The molecule has 27 heavy (non-hydrogen) atoms. The Kier molecular flexibility index (Phi) is 5.45. The molecule has 0 spiro atoms. The summed E-state index contributed by atoms with van der Waals surface area (Å²) in [6.07, 6.45) is 2.08. The smallest absolute Gasteiger partial charge is 0.171 e. The van der Waals surface area contributed by atoms with E-state index < -0.39 is 0 Å². The summed E-state index contributed by atoms with van der Waals surface area (Å²) in [7, 11) is 0. The van der Waals surface area contributed by atoms with Crippen molar-refractivity contribution in [3.05, 3.63) is 96.1 Å². The highest BCUT2D eigenvalue weighted by molar-refractivity contribution is 6.06. The summed E-state index contributed by atoms with van der Waals surface area (Å²) in [5.41, 5.74) is 4.09. The molecular weight excluding hydrogens is 330 g/mol. The van der Waals surface area contributed by atoms with E-state index >= 15 is 0 Å². The number of Topliss-reactive ketones (excluding diaryl/α,β-unsaturated/α-hetero) is 1. The van der Waals surface area contributed by atoms with Crippen molar-refractivity contribution in [2.24, 2.45) is 5.92 Å². The van der Waals surface area contributed by atoms with Crippen LogP contribution >= 0.6 is 0 Å². The molecule has 1 fully saturated rings. The first-order chi connectivity index (χ1) is 13.3. The van der Waals surface area contributed by atoms with E-state index in [0.717, 1.165) is 48.2 Å². The summed E-state index contributed by atoms with van der Waals surface area (Å²) < 4.78 is 0. The van der Waals surface area contributed by atoms with Crippen molar-refractivity contribution >= 4 is 5.78 Å². The van der Waals surface area contributed by atoms with E-state index in [0.29, 0.717) is 5.92 Å². The molecule has 136 valence electrons. The average Bonchev–Trinajstić information content (AvgIpc) is 2.76. The molecule has 1 saturated heterocycles. The fourth-order valence-corrected chi connectivity index (χ4v) is 4.21. The minimum atomic E-state index is -0.0850. The zero-order chi connectivity index (χ0) is 18.5. The molecule has 0 aromatic heterocycles. The van der Waals surface area contributed by atoms with Crippen molar-refractivity contribution < 1.29 is 4.79 Å². The van der Waals surface area contributed by atoms with Gasteiger partial charge in [-0.2, -0.15) is 0 Å². The van der Waals surface area contributed by atoms with E-state index in [1.807, 2.05) is 54.6 Å². The van der Waals surface area contributed by atoms with Crippen LogP contribution in [0.5, 0.6) is 0 Å². The third kappa shape index (κ3) is 3.86. The normalized spacial score (nSPS) is 16.0. The van der Waals surface area contributed by atoms with Crippen molar-refractivity contribution in [3.8, 4) is 11.1 Å². The summed E-state index contributed by atoms with van der Waals surface area (Å²) >= 11 is 0. The lowest BCUT2D eigenvalue weighted by molar-refractivity contribution is 0.0916. The number of piperidine rings is 1. The number of carbonyl (C=O) groups excluding carboxylic acids is 1. The van der Waals surface area contributed by atoms with E-state index in [1.54, 1.807) is 0 Å². The van der Waals surface area contributed by atoms with Gasteiger partial charge in [-0.3, -0.25) is 4.79 Å². The van der Waals surface area contributed by atoms with Gasteiger partial charge in [0.2, 0.25) is 0 Å². The number of hydrogen-bond donors (Lipinski definition) is 1. The zero-order valence-electron chi connectivity index (χ0n) is 15.5. The molecule has 3 aromatic carbocycles. The average molecular weight is 355 g/mol. The van der Waals surface area contributed by atoms with Crippen LogP contribution in [0.2, 0.25) is 0 Å². The second kappa shape index (κ2) is 8.32. The van der Waals surface area contributed by atoms with Gasteiger partial charge in [0.05, 0.1) is 5.92 Å². The van der Waals surface area contributed by atoms with Gasteiger partial charge in [0.1, 0.15) is 0 Å². The Morgan fingerprint density at radius 3 is 2.07 bits per heavy atom. The SMILES string of the molecule is O=C(c1ccccc1-c1ccccc1)C(c1ccccc1)C1CCNCC1. The zero-order valence-corrected chi connectivity index (χ0v) is 15.5. The van der Waals surface area contributed by atoms with Crippen LogP contribution < -0.4 is 5.32 Å². The summed E-state index contributed by atoms with van der Waals surface area (Å²) in [4.78, 5) is 13.8. The molecule has 2 nitrogen and oxygen atoms in total. The predicted octanol–water partition coefficient (Wildman–Crippen LogP) is 5.32. The molecule has 1 aliphatic rings. The second-order valence-corrected chi connectivity index (χ2v) is 7.25. The fourth-order valence-electron chi connectivity index (χ4n) is 4.21. The maximum Gasteiger partial charge on any atom is 0.171 e. The van der Waals surface area contributed by atoms with Crippen molar-refractivity contribution in [1.82, 2.24) is 5.32 Å². The topological polar surface area (TPSA) is 29.1 Å². The lowest BCUT2D eigenvalue weighted by Gasteiger charge is -2.30. The van der Waals surface area contributed by atoms with Gasteiger partial charge in [0.15, 0.2) is 5.78 Å². The lowest BCUT2D eigenvalue weighted by atomic mass is 9.75. The maximum atomic E-state index is 13.8. The van der Waals surface area contributed by atoms with Gasteiger partial charge < -0.3 is 5.32 Å². The second-order valence-electron chi connectivity index (χ2n) is 7.25. The first-order valence-electron chi connectivity index (χ1n) is 9.79. The molecule has 0 bridgehead atoms. The number of carbonyl (C=O) groups is 1. The number of ketones is 1. The maximum absolute atomic E-state index is 13.8. The molecule has 4 rings (SSSR count). The van der Waals surface area contributed by atoms with Crippen LogP contribution in [-0.2, 0) is 0 Å². The molecule has 2 heteroatoms. The van der Waals surface area contributed by atoms with Crippen molar-refractivity contribution in [2.45, 2.75) is 18.8 Å². The molecule has 1 unspecified atom stereocenters. The Bertz CT molecular complexity index is 882. The number of rotatable bonds is 5. The van der Waals surface area contributed by atoms with Crippen LogP contribution in [0.25, 0.3) is 11.1 Å². The molecule has 1 atom stereocenters. The summed E-state index contributed by atoms with van der Waals surface area (Å²) in [6, 6.07) is 28.6. The Balaban J connectivity index is 1.77. The van der Waals surface area contributed by atoms with Crippen LogP contribution in [0.3, 0.4) is 0 Å². The molecule has 0 saturated carbocycles. The van der Waals surface area contributed by atoms with E-state index in [4.69, 9.17) is 0 Å². The minimum Gasteiger partial charge on any atom is -0.317 e. The van der Waals surface area contributed by atoms with Crippen LogP contribution in [-0.4, -0.2) is 18.9 Å². The molecule has 1 heterocycles. The fraction of sp³-hybridized carbons (Fsp3) is 0.240. The Hall–Kier alpha value is -2.71. The molecular formula is C25H25NO. The van der Waals surface area contributed by atoms with E-state index in [-0.39, 0.29) is 11.7 Å². The van der Waals surface area contributed by atoms with Crippen molar-refractivity contribution in [2.75, 3.05) is 13.1 Å². The van der Waals surface area contributed by atoms with E-state index in [2.05, 4.69) is 35.6 Å². The summed E-state index contributed by atoms with van der Waals surface area (Å²) in [6.45, 7) is 1.98. The van der Waals surface area contributed by atoms with Gasteiger partial charge in [-0.25, -0.2) is 0 Å². The Morgan fingerprint density at radius 2 is 1.37 bits per heavy atom. The summed E-state index contributed by atoms with van der Waals surface area (Å²) in [5.74, 6) is 0.538. The Morgan fingerprint density at radius 1 is 0.778 bits per heavy atom. The van der Waals surface area contributed by atoms with Gasteiger partial charge in [-0.15, -0.1) is 0 Å². The largest absolute Gasteiger partial charge is 0.317 e. The highest BCUT2D eigenvalue weighted by Gasteiger charge is 2.32. The van der Waals surface area contributed by atoms with Crippen LogP contribution in [0, 0.1) is 5.92 Å². The van der Waals surface area contributed by atoms with Gasteiger partial charge in [0, 0.05) is 5.56 Å². The monoisotopic (exact) mass is 355 g/mol. The lowest BCUT2D eigenvalue weighted by Crippen LogP contribution is -2.33. The number of hydrogen-bond acceptors (Lipinski definition) is 2. The first-order valence-corrected chi connectivity index (χ1v) is 9.79. The van der Waals surface area contributed by atoms with E-state index in [9.17, 15) is 4.79 Å². The van der Waals surface area contributed by atoms with Crippen LogP contribution in [0.4, 0.5) is 0 Å². The van der Waals surface area contributed by atoms with Gasteiger partial charge in [-0.05, 0) is 48.5 Å². The van der Waals surface area contributed by atoms with Gasteiger partial charge in [-0.1, -0.05) is 84.9 Å². The highest BCUT2D eigenvalue weighted by Crippen LogP contribution is 2.36. The highest BCUT2D eigenvalue weighted by atomic mass is 16.1. The third-order valence-corrected chi connectivity index (χ3v) is 5.57. The van der Waals surface area contributed by atoms with Gasteiger partial charge in [0.25, 0.3) is 0 Å². The van der Waals surface area contributed by atoms with Crippen LogP contribution in [0.1, 0.15) is 34.7 Å². The standard InChI is InChI=1S/C25H25NO/c27-25(23-14-8-7-13-22(23)19-9-3-1-4-10-19)24(20-11-5-2-6-12-20)21-15-17-26-18-16-21/h1-14,21,24,26H,15-18H2. The molecule has 1 N–H and O–H groups in total. The molecule has 0 aliphatic carbocycles. The molecule has 1 aliphatic heterocycles.